The van der Waals surface area contributed by atoms with E-state index in [1.165, 1.54) is 11.1 Å². The minimum Gasteiger partial charge on any atom is -0.489 e. The second-order valence-corrected chi connectivity index (χ2v) is 6.09. The first-order chi connectivity index (χ1) is 12.9. The van der Waals surface area contributed by atoms with E-state index in [1.54, 1.807) is 6.20 Å². The van der Waals surface area contributed by atoms with Crippen molar-refractivity contribution in [1.82, 2.24) is 10.3 Å². The summed E-state index contributed by atoms with van der Waals surface area (Å²) in [5.41, 5.74) is 3.44. The first kappa shape index (κ1) is 16.4. The normalized spacial score (nSPS) is 12.2. The summed E-state index contributed by atoms with van der Waals surface area (Å²) in [7, 11) is 0. The molecule has 132 valence electrons. The Balaban J connectivity index is 1.25. The fourth-order valence-electron chi connectivity index (χ4n) is 2.76. The van der Waals surface area contributed by atoms with Crippen LogP contribution in [0.25, 0.3) is 0 Å². The molecule has 5 heteroatoms. The number of hydrogen-bond donors (Lipinski definition) is 1. The van der Waals surface area contributed by atoms with E-state index in [1.807, 2.05) is 42.6 Å². The molecular formula is C21H20N2O3. The summed E-state index contributed by atoms with van der Waals surface area (Å²) in [6.07, 6.45) is 3.57. The fraction of sp³-hybridized carbons (Fsp3) is 0.190. The van der Waals surface area contributed by atoms with E-state index in [0.29, 0.717) is 13.4 Å². The molecular weight excluding hydrogens is 328 g/mol. The summed E-state index contributed by atoms with van der Waals surface area (Å²) in [6.45, 7) is 2.39. The van der Waals surface area contributed by atoms with Crippen molar-refractivity contribution in [1.29, 1.82) is 0 Å². The Labute approximate surface area is 152 Å². The summed E-state index contributed by atoms with van der Waals surface area (Å²) in [5.74, 6) is 2.49. The Morgan fingerprint density at radius 2 is 1.69 bits per heavy atom. The van der Waals surface area contributed by atoms with Crippen molar-refractivity contribution in [2.75, 3.05) is 6.79 Å². The summed E-state index contributed by atoms with van der Waals surface area (Å²) < 4.78 is 16.5. The average Bonchev–Trinajstić information content (AvgIpc) is 3.16. The van der Waals surface area contributed by atoms with Crippen LogP contribution in [0.3, 0.4) is 0 Å². The summed E-state index contributed by atoms with van der Waals surface area (Å²) in [6, 6.07) is 18.1. The van der Waals surface area contributed by atoms with Gasteiger partial charge in [0.05, 0.1) is 0 Å². The molecule has 0 amide bonds. The Hall–Kier alpha value is -3.05. The van der Waals surface area contributed by atoms with Crippen molar-refractivity contribution in [3.05, 3.63) is 83.7 Å². The van der Waals surface area contributed by atoms with E-state index in [9.17, 15) is 0 Å². The predicted octanol–water partition coefficient (Wildman–Crippen LogP) is 3.68. The van der Waals surface area contributed by atoms with Gasteiger partial charge in [0.2, 0.25) is 6.79 Å². The largest absolute Gasteiger partial charge is 0.489 e. The highest BCUT2D eigenvalue weighted by Gasteiger charge is 2.12. The quantitative estimate of drug-likeness (QED) is 0.706. The first-order valence-corrected chi connectivity index (χ1v) is 8.57. The van der Waals surface area contributed by atoms with Crippen LogP contribution in [0.15, 0.2) is 67.0 Å². The van der Waals surface area contributed by atoms with Crippen LogP contribution in [0.2, 0.25) is 0 Å². The lowest BCUT2D eigenvalue weighted by Crippen LogP contribution is -2.12. The maximum absolute atomic E-state index is 5.78. The number of pyridine rings is 1. The Bertz CT molecular complexity index is 851. The van der Waals surface area contributed by atoms with Crippen LogP contribution in [0.4, 0.5) is 0 Å². The lowest BCUT2D eigenvalue weighted by atomic mass is 10.2. The second kappa shape index (κ2) is 7.89. The van der Waals surface area contributed by atoms with Gasteiger partial charge >= 0.3 is 0 Å². The Morgan fingerprint density at radius 3 is 2.54 bits per heavy atom. The smallest absolute Gasteiger partial charge is 0.231 e. The molecule has 2 aromatic carbocycles. The van der Waals surface area contributed by atoms with Gasteiger partial charge in [-0.2, -0.15) is 0 Å². The SMILES string of the molecule is c1cncc(COc2ccc(CNCc3ccc4c(c3)OCO4)cc2)c1. The number of aromatic nitrogens is 1. The molecule has 0 atom stereocenters. The van der Waals surface area contributed by atoms with Crippen LogP contribution in [0.5, 0.6) is 17.2 Å². The maximum Gasteiger partial charge on any atom is 0.231 e. The summed E-state index contributed by atoms with van der Waals surface area (Å²) in [4.78, 5) is 4.09. The van der Waals surface area contributed by atoms with Crippen LogP contribution in [0, 0.1) is 0 Å². The molecule has 0 aliphatic carbocycles. The van der Waals surface area contributed by atoms with Crippen molar-refractivity contribution in [2.45, 2.75) is 19.7 Å². The number of rotatable bonds is 7. The molecule has 0 saturated heterocycles. The molecule has 1 aliphatic heterocycles. The minimum atomic E-state index is 0.307. The molecule has 0 radical (unpaired) electrons. The number of ether oxygens (including phenoxy) is 3. The third kappa shape index (κ3) is 4.13. The molecule has 2 heterocycles. The van der Waals surface area contributed by atoms with Crippen molar-refractivity contribution < 1.29 is 14.2 Å². The summed E-state index contributed by atoms with van der Waals surface area (Å²) >= 11 is 0. The lowest BCUT2D eigenvalue weighted by Gasteiger charge is -2.08. The Morgan fingerprint density at radius 1 is 0.885 bits per heavy atom. The zero-order valence-corrected chi connectivity index (χ0v) is 14.4. The van der Waals surface area contributed by atoms with Crippen LogP contribution in [-0.2, 0) is 19.7 Å². The standard InChI is InChI=1S/C21H20N2O3/c1-2-18(13-22-9-1)14-24-19-6-3-16(4-7-19)11-23-12-17-5-8-20-21(10-17)26-15-25-20/h1-10,13,23H,11-12,14-15H2. The highest BCUT2D eigenvalue weighted by Crippen LogP contribution is 2.32. The highest BCUT2D eigenvalue weighted by atomic mass is 16.7. The van der Waals surface area contributed by atoms with Gasteiger partial charge in [-0.1, -0.05) is 24.3 Å². The second-order valence-electron chi connectivity index (χ2n) is 6.09. The third-order valence-electron chi connectivity index (χ3n) is 4.15. The van der Waals surface area contributed by atoms with E-state index < -0.39 is 0 Å². The third-order valence-corrected chi connectivity index (χ3v) is 4.15. The van der Waals surface area contributed by atoms with Gasteiger partial charge in [0.25, 0.3) is 0 Å². The van der Waals surface area contributed by atoms with E-state index in [0.717, 1.165) is 35.9 Å². The van der Waals surface area contributed by atoms with E-state index in [-0.39, 0.29) is 0 Å². The van der Waals surface area contributed by atoms with E-state index in [4.69, 9.17) is 14.2 Å². The van der Waals surface area contributed by atoms with Gasteiger partial charge in [0, 0.05) is 31.0 Å². The van der Waals surface area contributed by atoms with Gasteiger partial charge in [-0.25, -0.2) is 0 Å². The Kier molecular flexibility index (Phi) is 4.98. The van der Waals surface area contributed by atoms with Crippen LogP contribution < -0.4 is 19.5 Å². The molecule has 0 bridgehead atoms. The molecule has 1 aromatic heterocycles. The lowest BCUT2D eigenvalue weighted by molar-refractivity contribution is 0.174. The van der Waals surface area contributed by atoms with Crippen LogP contribution >= 0.6 is 0 Å². The van der Waals surface area contributed by atoms with Gasteiger partial charge in [0.1, 0.15) is 12.4 Å². The van der Waals surface area contributed by atoms with Crippen molar-refractivity contribution in [3.8, 4) is 17.2 Å². The highest BCUT2D eigenvalue weighted by molar-refractivity contribution is 5.44. The monoisotopic (exact) mass is 348 g/mol. The van der Waals surface area contributed by atoms with Gasteiger partial charge in [-0.05, 0) is 41.5 Å². The van der Waals surface area contributed by atoms with Gasteiger partial charge in [0.15, 0.2) is 11.5 Å². The summed E-state index contributed by atoms with van der Waals surface area (Å²) in [5, 5.41) is 3.44. The van der Waals surface area contributed by atoms with Crippen molar-refractivity contribution in [3.63, 3.8) is 0 Å². The molecule has 5 nitrogen and oxygen atoms in total. The molecule has 1 N–H and O–H groups in total. The molecule has 26 heavy (non-hydrogen) atoms. The maximum atomic E-state index is 5.78. The first-order valence-electron chi connectivity index (χ1n) is 8.57. The number of fused-ring (bicyclic) bond motifs is 1. The van der Waals surface area contributed by atoms with E-state index in [2.05, 4.69) is 28.5 Å². The molecule has 0 saturated carbocycles. The minimum absolute atomic E-state index is 0.307. The molecule has 3 aromatic rings. The van der Waals surface area contributed by atoms with Crippen molar-refractivity contribution >= 4 is 0 Å². The zero-order valence-electron chi connectivity index (χ0n) is 14.4. The van der Waals surface area contributed by atoms with Gasteiger partial charge in [-0.15, -0.1) is 0 Å². The number of benzene rings is 2. The molecule has 1 aliphatic rings. The van der Waals surface area contributed by atoms with Crippen molar-refractivity contribution in [2.24, 2.45) is 0 Å². The van der Waals surface area contributed by atoms with E-state index >= 15 is 0 Å². The molecule has 0 fully saturated rings. The fourth-order valence-corrected chi connectivity index (χ4v) is 2.76. The van der Waals surface area contributed by atoms with Crippen LogP contribution in [0.1, 0.15) is 16.7 Å². The number of nitrogens with one attached hydrogen (secondary N) is 1. The zero-order chi connectivity index (χ0) is 17.6. The number of nitrogens with zero attached hydrogens (tertiary/aromatic N) is 1. The predicted molar refractivity (Wildman–Crippen MR) is 98.1 cm³/mol. The average molecular weight is 348 g/mol. The molecule has 0 spiro atoms. The van der Waals surface area contributed by atoms with Gasteiger partial charge in [-0.3, -0.25) is 4.98 Å². The molecule has 0 unspecified atom stereocenters. The van der Waals surface area contributed by atoms with Crippen LogP contribution in [-0.4, -0.2) is 11.8 Å². The number of hydrogen-bond acceptors (Lipinski definition) is 5. The molecule has 4 rings (SSSR count). The topological polar surface area (TPSA) is 52.6 Å². The van der Waals surface area contributed by atoms with Gasteiger partial charge < -0.3 is 19.5 Å².